The van der Waals surface area contributed by atoms with E-state index in [2.05, 4.69) is 19.2 Å². The first-order chi connectivity index (χ1) is 9.65. The zero-order valence-corrected chi connectivity index (χ0v) is 13.0. The van der Waals surface area contributed by atoms with Crippen LogP contribution in [-0.4, -0.2) is 32.5 Å². The van der Waals surface area contributed by atoms with Gasteiger partial charge in [-0.05, 0) is 31.9 Å². The van der Waals surface area contributed by atoms with Crippen LogP contribution in [0, 0.1) is 5.92 Å². The molecular weight excluding hydrogens is 254 g/mol. The van der Waals surface area contributed by atoms with Crippen LogP contribution in [0.5, 0.6) is 11.5 Å². The normalized spacial score (nSPS) is 13.8. The van der Waals surface area contributed by atoms with Crippen molar-refractivity contribution in [2.75, 3.05) is 27.4 Å². The fourth-order valence-corrected chi connectivity index (χ4v) is 2.26. The maximum absolute atomic E-state index is 9.03. The van der Waals surface area contributed by atoms with Gasteiger partial charge in [0.05, 0.1) is 14.2 Å². The smallest absolute Gasteiger partial charge is 0.127 e. The fourth-order valence-electron chi connectivity index (χ4n) is 2.26. The number of hydrogen-bond donors (Lipinski definition) is 2. The zero-order valence-electron chi connectivity index (χ0n) is 13.0. The van der Waals surface area contributed by atoms with E-state index in [1.165, 1.54) is 0 Å². The number of methoxy groups -OCH3 is 2. The van der Waals surface area contributed by atoms with E-state index in [-0.39, 0.29) is 12.6 Å². The Morgan fingerprint density at radius 3 is 2.55 bits per heavy atom. The summed E-state index contributed by atoms with van der Waals surface area (Å²) in [6, 6.07) is 6.07. The molecule has 0 aliphatic heterocycles. The van der Waals surface area contributed by atoms with E-state index in [9.17, 15) is 0 Å². The van der Waals surface area contributed by atoms with Crippen LogP contribution < -0.4 is 14.8 Å². The van der Waals surface area contributed by atoms with E-state index in [1.54, 1.807) is 14.2 Å². The molecule has 0 fully saturated rings. The number of aliphatic hydroxyl groups excluding tert-OH is 1. The molecule has 0 spiro atoms. The summed E-state index contributed by atoms with van der Waals surface area (Å²) >= 11 is 0. The molecule has 1 aromatic carbocycles. The van der Waals surface area contributed by atoms with Gasteiger partial charge in [0, 0.05) is 24.3 Å². The van der Waals surface area contributed by atoms with Crippen molar-refractivity contribution in [1.82, 2.24) is 5.32 Å². The Kier molecular flexibility index (Phi) is 7.41. The predicted molar refractivity (Wildman–Crippen MR) is 81.4 cm³/mol. The minimum atomic E-state index is 0.198. The van der Waals surface area contributed by atoms with Crippen LogP contribution in [-0.2, 0) is 0 Å². The summed E-state index contributed by atoms with van der Waals surface area (Å²) in [5.41, 5.74) is 1.12. The average Bonchev–Trinajstić information content (AvgIpc) is 2.50. The van der Waals surface area contributed by atoms with Crippen molar-refractivity contribution in [2.24, 2.45) is 5.92 Å². The summed E-state index contributed by atoms with van der Waals surface area (Å²) in [4.78, 5) is 0. The van der Waals surface area contributed by atoms with Crippen molar-refractivity contribution in [2.45, 2.75) is 32.7 Å². The van der Waals surface area contributed by atoms with Crippen LogP contribution in [0.25, 0.3) is 0 Å². The minimum Gasteiger partial charge on any atom is -0.497 e. The molecule has 0 amide bonds. The van der Waals surface area contributed by atoms with Crippen LogP contribution in [0.15, 0.2) is 18.2 Å². The van der Waals surface area contributed by atoms with E-state index < -0.39 is 0 Å². The first kappa shape index (κ1) is 16.8. The SMILES string of the molecule is CCC(CCO)CNC(C)c1ccc(OC)cc1OC. The second kappa shape index (κ2) is 8.82. The Labute approximate surface area is 122 Å². The first-order valence-electron chi connectivity index (χ1n) is 7.22. The third-order valence-corrected chi connectivity index (χ3v) is 3.73. The molecule has 0 saturated carbocycles. The Morgan fingerprint density at radius 2 is 2.00 bits per heavy atom. The van der Waals surface area contributed by atoms with Crippen LogP contribution in [0.1, 0.15) is 38.3 Å². The molecule has 0 aromatic heterocycles. The molecule has 0 saturated heterocycles. The lowest BCUT2D eigenvalue weighted by molar-refractivity contribution is 0.249. The molecule has 0 radical (unpaired) electrons. The lowest BCUT2D eigenvalue weighted by Crippen LogP contribution is -2.26. The molecule has 0 bridgehead atoms. The average molecular weight is 281 g/mol. The van der Waals surface area contributed by atoms with Gasteiger partial charge in [-0.3, -0.25) is 0 Å². The van der Waals surface area contributed by atoms with Gasteiger partial charge in [-0.2, -0.15) is 0 Å². The Balaban J connectivity index is 2.69. The zero-order chi connectivity index (χ0) is 15.0. The summed E-state index contributed by atoms with van der Waals surface area (Å²) in [7, 11) is 3.32. The molecule has 2 atom stereocenters. The molecular formula is C16H27NO3. The van der Waals surface area contributed by atoms with Crippen LogP contribution >= 0.6 is 0 Å². The predicted octanol–water partition coefficient (Wildman–Crippen LogP) is 2.76. The summed E-state index contributed by atoms with van der Waals surface area (Å²) in [6.07, 6.45) is 1.91. The molecule has 0 aliphatic carbocycles. The van der Waals surface area contributed by atoms with Crippen molar-refractivity contribution in [3.8, 4) is 11.5 Å². The second-order valence-electron chi connectivity index (χ2n) is 5.02. The number of aliphatic hydroxyl groups is 1. The topological polar surface area (TPSA) is 50.7 Å². The van der Waals surface area contributed by atoms with E-state index in [1.807, 2.05) is 18.2 Å². The Bertz CT molecular complexity index is 395. The number of nitrogens with one attached hydrogen (secondary N) is 1. The van der Waals surface area contributed by atoms with Crippen molar-refractivity contribution >= 4 is 0 Å². The standard InChI is InChI=1S/C16H27NO3/c1-5-13(8-9-18)11-17-12(2)15-7-6-14(19-3)10-16(15)20-4/h6-7,10,12-13,17-18H,5,8-9,11H2,1-4H3. The van der Waals surface area contributed by atoms with Crippen molar-refractivity contribution in [3.63, 3.8) is 0 Å². The molecule has 1 aromatic rings. The highest BCUT2D eigenvalue weighted by molar-refractivity contribution is 5.42. The lowest BCUT2D eigenvalue weighted by Gasteiger charge is -2.21. The maximum Gasteiger partial charge on any atom is 0.127 e. The third kappa shape index (κ3) is 4.69. The van der Waals surface area contributed by atoms with Crippen molar-refractivity contribution in [3.05, 3.63) is 23.8 Å². The van der Waals surface area contributed by atoms with E-state index in [0.717, 1.165) is 36.4 Å². The Morgan fingerprint density at radius 1 is 1.25 bits per heavy atom. The van der Waals surface area contributed by atoms with Crippen LogP contribution in [0.2, 0.25) is 0 Å². The molecule has 0 heterocycles. The van der Waals surface area contributed by atoms with Crippen molar-refractivity contribution < 1.29 is 14.6 Å². The van der Waals surface area contributed by atoms with E-state index in [0.29, 0.717) is 5.92 Å². The second-order valence-corrected chi connectivity index (χ2v) is 5.02. The highest BCUT2D eigenvalue weighted by Gasteiger charge is 2.14. The third-order valence-electron chi connectivity index (χ3n) is 3.73. The number of benzene rings is 1. The minimum absolute atomic E-state index is 0.198. The van der Waals surface area contributed by atoms with Gasteiger partial charge in [0.15, 0.2) is 0 Å². The van der Waals surface area contributed by atoms with Gasteiger partial charge in [-0.1, -0.05) is 19.4 Å². The lowest BCUT2D eigenvalue weighted by atomic mass is 10.0. The highest BCUT2D eigenvalue weighted by atomic mass is 16.5. The molecule has 20 heavy (non-hydrogen) atoms. The molecule has 2 N–H and O–H groups in total. The van der Waals surface area contributed by atoms with Gasteiger partial charge in [0.25, 0.3) is 0 Å². The monoisotopic (exact) mass is 281 g/mol. The number of ether oxygens (including phenoxy) is 2. The maximum atomic E-state index is 9.03. The highest BCUT2D eigenvalue weighted by Crippen LogP contribution is 2.29. The van der Waals surface area contributed by atoms with Gasteiger partial charge in [-0.25, -0.2) is 0 Å². The van der Waals surface area contributed by atoms with Gasteiger partial charge in [0.2, 0.25) is 0 Å². The molecule has 4 nitrogen and oxygen atoms in total. The fraction of sp³-hybridized carbons (Fsp3) is 0.625. The van der Waals surface area contributed by atoms with Crippen LogP contribution in [0.3, 0.4) is 0 Å². The first-order valence-corrected chi connectivity index (χ1v) is 7.22. The van der Waals surface area contributed by atoms with Gasteiger partial charge in [-0.15, -0.1) is 0 Å². The van der Waals surface area contributed by atoms with Gasteiger partial charge in [0.1, 0.15) is 11.5 Å². The van der Waals surface area contributed by atoms with E-state index >= 15 is 0 Å². The molecule has 2 unspecified atom stereocenters. The van der Waals surface area contributed by atoms with Crippen molar-refractivity contribution in [1.29, 1.82) is 0 Å². The molecule has 114 valence electrons. The summed E-state index contributed by atoms with van der Waals surface area (Å²) < 4.78 is 10.6. The Hall–Kier alpha value is -1.26. The quantitative estimate of drug-likeness (QED) is 0.731. The summed E-state index contributed by atoms with van der Waals surface area (Å²) in [6.45, 7) is 5.42. The van der Waals surface area contributed by atoms with Gasteiger partial charge >= 0.3 is 0 Å². The number of hydrogen-bond acceptors (Lipinski definition) is 4. The summed E-state index contributed by atoms with van der Waals surface area (Å²) in [5, 5.41) is 12.5. The largest absolute Gasteiger partial charge is 0.497 e. The van der Waals surface area contributed by atoms with Gasteiger partial charge < -0.3 is 19.9 Å². The molecule has 0 aliphatic rings. The summed E-state index contributed by atoms with van der Waals surface area (Å²) in [5.74, 6) is 2.13. The van der Waals surface area contributed by atoms with E-state index in [4.69, 9.17) is 14.6 Å². The van der Waals surface area contributed by atoms with Crippen LogP contribution in [0.4, 0.5) is 0 Å². The molecule has 4 heteroatoms. The molecule has 1 rings (SSSR count). The number of rotatable bonds is 9.